The lowest BCUT2D eigenvalue weighted by Crippen LogP contribution is -2.01. The van der Waals surface area contributed by atoms with Gasteiger partial charge < -0.3 is 4.79 Å². The van der Waals surface area contributed by atoms with Crippen LogP contribution in [0.4, 0.5) is 0 Å². The molecule has 0 saturated carbocycles. The van der Waals surface area contributed by atoms with E-state index in [1.165, 1.54) is 24.3 Å². The van der Waals surface area contributed by atoms with E-state index in [1.807, 2.05) is 16.8 Å². The fourth-order valence-electron chi connectivity index (χ4n) is 1.07. The first-order chi connectivity index (χ1) is 7.09. The summed E-state index contributed by atoms with van der Waals surface area (Å²) in [5.41, 5.74) is 0.902. The lowest BCUT2D eigenvalue weighted by atomic mass is 10.1. The summed E-state index contributed by atoms with van der Waals surface area (Å²) < 4.78 is 0. The molecule has 0 amide bonds. The van der Waals surface area contributed by atoms with Crippen LogP contribution in [0.3, 0.4) is 0 Å². The Morgan fingerprint density at radius 2 is 2.33 bits per heavy atom. The number of Topliss-reactive ketones (excluding diaryl/α,β-unsaturated/α-hetero) is 1. The molecule has 0 aromatic carbocycles. The summed E-state index contributed by atoms with van der Waals surface area (Å²) in [5.74, 6) is -0.0342. The molecule has 0 aliphatic carbocycles. The number of allylic oxidation sites excluding steroid dienone is 1. The van der Waals surface area contributed by atoms with Crippen LogP contribution < -0.4 is 0 Å². The average molecular weight is 225 g/mol. The van der Waals surface area contributed by atoms with E-state index in [-0.39, 0.29) is 24.3 Å². The monoisotopic (exact) mass is 225 g/mol. The summed E-state index contributed by atoms with van der Waals surface area (Å²) in [7, 11) is 0. The van der Waals surface area contributed by atoms with Gasteiger partial charge in [-0.1, -0.05) is 0 Å². The Morgan fingerprint density at radius 1 is 1.60 bits per heavy atom. The highest BCUT2D eigenvalue weighted by molar-refractivity contribution is 7.08. The number of ketones is 1. The number of hydrogen-bond donors (Lipinski definition) is 0. The number of carbonyl (C=O) groups excluding carboxylic acids is 1. The van der Waals surface area contributed by atoms with Crippen molar-refractivity contribution in [3.63, 3.8) is 0 Å². The van der Waals surface area contributed by atoms with E-state index in [1.54, 1.807) is 0 Å². The zero-order chi connectivity index (χ0) is 11.3. The van der Waals surface area contributed by atoms with Crippen molar-refractivity contribution in [2.24, 2.45) is 0 Å². The minimum atomic E-state index is -0.430. The number of thiophene rings is 1. The summed E-state index contributed by atoms with van der Waals surface area (Å²) in [5, 5.41) is 14.4. The normalized spacial score (nSPS) is 11.4. The minimum Gasteiger partial charge on any atom is -0.300 e. The van der Waals surface area contributed by atoms with E-state index < -0.39 is 4.92 Å². The molecular weight excluding hydrogens is 214 g/mol. The third kappa shape index (κ3) is 4.03. The predicted octanol–water partition coefficient (Wildman–Crippen LogP) is 2.73. The highest BCUT2D eigenvalue weighted by atomic mass is 32.1. The van der Waals surface area contributed by atoms with Crippen LogP contribution in [0.25, 0.3) is 6.08 Å². The van der Waals surface area contributed by atoms with Gasteiger partial charge in [0, 0.05) is 18.9 Å². The van der Waals surface area contributed by atoms with E-state index in [0.717, 1.165) is 5.56 Å². The maximum atomic E-state index is 10.7. The molecule has 0 bridgehead atoms. The lowest BCUT2D eigenvalue weighted by molar-refractivity contribution is -0.426. The van der Waals surface area contributed by atoms with Gasteiger partial charge >= 0.3 is 0 Å². The van der Waals surface area contributed by atoms with Gasteiger partial charge in [-0.05, 0) is 29.3 Å². The van der Waals surface area contributed by atoms with Crippen LogP contribution >= 0.6 is 11.3 Å². The van der Waals surface area contributed by atoms with Crippen LogP contribution in [-0.2, 0) is 4.79 Å². The Labute approximate surface area is 91.4 Å². The SMILES string of the molecule is CC(=O)CC/C(=C\c1ccsc1)[N+](=O)[O-]. The van der Waals surface area contributed by atoms with Crippen LogP contribution in [0, 0.1) is 10.1 Å². The Hall–Kier alpha value is -1.49. The van der Waals surface area contributed by atoms with Gasteiger partial charge in [-0.15, -0.1) is 0 Å². The van der Waals surface area contributed by atoms with Crippen molar-refractivity contribution in [2.75, 3.05) is 0 Å². The van der Waals surface area contributed by atoms with Crippen molar-refractivity contribution in [1.29, 1.82) is 0 Å². The number of nitro groups is 1. The summed E-state index contributed by atoms with van der Waals surface area (Å²) in [6, 6.07) is 1.81. The molecule has 0 unspecified atom stereocenters. The van der Waals surface area contributed by atoms with E-state index >= 15 is 0 Å². The third-order valence-corrected chi connectivity index (χ3v) is 2.55. The Morgan fingerprint density at radius 3 is 2.80 bits per heavy atom. The smallest absolute Gasteiger partial charge is 0.247 e. The zero-order valence-electron chi connectivity index (χ0n) is 8.30. The van der Waals surface area contributed by atoms with Crippen LogP contribution in [0.1, 0.15) is 25.3 Å². The van der Waals surface area contributed by atoms with Gasteiger partial charge in [0.05, 0.1) is 4.92 Å². The summed E-state index contributed by atoms with van der Waals surface area (Å²) in [6.45, 7) is 1.43. The second-order valence-electron chi connectivity index (χ2n) is 3.15. The summed E-state index contributed by atoms with van der Waals surface area (Å²) in [6.07, 6.45) is 1.93. The van der Waals surface area contributed by atoms with Crippen LogP contribution in [-0.4, -0.2) is 10.7 Å². The molecule has 0 fully saturated rings. The molecule has 4 nitrogen and oxygen atoms in total. The molecule has 0 atom stereocenters. The van der Waals surface area contributed by atoms with Crippen molar-refractivity contribution in [3.05, 3.63) is 38.2 Å². The molecule has 0 saturated heterocycles. The van der Waals surface area contributed by atoms with Gasteiger partial charge in [0.25, 0.3) is 0 Å². The van der Waals surface area contributed by atoms with Crippen LogP contribution in [0.5, 0.6) is 0 Å². The molecule has 0 N–H and O–H groups in total. The largest absolute Gasteiger partial charge is 0.300 e. The molecule has 0 radical (unpaired) electrons. The van der Waals surface area contributed by atoms with E-state index in [0.29, 0.717) is 0 Å². The minimum absolute atomic E-state index is 0.0342. The third-order valence-electron chi connectivity index (χ3n) is 1.84. The Bertz CT molecular complexity index is 381. The first kappa shape index (κ1) is 11.6. The molecular formula is C10H11NO3S. The molecule has 0 spiro atoms. The Kier molecular flexibility index (Phi) is 4.17. The number of carbonyl (C=O) groups is 1. The lowest BCUT2D eigenvalue weighted by Gasteiger charge is -1.95. The standard InChI is InChI=1S/C10H11NO3S/c1-8(12)2-3-10(11(13)14)6-9-4-5-15-7-9/h4-7H,2-3H2,1H3/b10-6+. The molecule has 80 valence electrons. The van der Waals surface area contributed by atoms with E-state index in [2.05, 4.69) is 0 Å². The molecule has 1 aromatic heterocycles. The summed E-state index contributed by atoms with van der Waals surface area (Å²) >= 11 is 1.48. The Balaban J connectivity index is 2.74. The van der Waals surface area contributed by atoms with Crippen molar-refractivity contribution >= 4 is 23.2 Å². The first-order valence-corrected chi connectivity index (χ1v) is 5.40. The second kappa shape index (κ2) is 5.41. The van der Waals surface area contributed by atoms with Crippen molar-refractivity contribution < 1.29 is 9.72 Å². The van der Waals surface area contributed by atoms with Crippen molar-refractivity contribution in [3.8, 4) is 0 Å². The highest BCUT2D eigenvalue weighted by Crippen LogP contribution is 2.14. The van der Waals surface area contributed by atoms with E-state index in [9.17, 15) is 14.9 Å². The number of rotatable bonds is 5. The van der Waals surface area contributed by atoms with Gasteiger partial charge in [-0.3, -0.25) is 10.1 Å². The van der Waals surface area contributed by atoms with Gasteiger partial charge in [-0.2, -0.15) is 11.3 Å². The van der Waals surface area contributed by atoms with E-state index in [4.69, 9.17) is 0 Å². The molecule has 0 aliphatic rings. The molecule has 1 heterocycles. The molecule has 1 rings (SSSR count). The average Bonchev–Trinajstić information content (AvgIpc) is 2.63. The van der Waals surface area contributed by atoms with Crippen molar-refractivity contribution in [1.82, 2.24) is 0 Å². The fourth-order valence-corrected chi connectivity index (χ4v) is 1.69. The summed E-state index contributed by atoms with van der Waals surface area (Å²) in [4.78, 5) is 21.0. The number of hydrogen-bond acceptors (Lipinski definition) is 4. The predicted molar refractivity (Wildman–Crippen MR) is 59.2 cm³/mol. The molecule has 0 aliphatic heterocycles. The van der Waals surface area contributed by atoms with Gasteiger partial charge in [0.2, 0.25) is 5.70 Å². The molecule has 5 heteroatoms. The topological polar surface area (TPSA) is 60.2 Å². The number of nitrogens with zero attached hydrogens (tertiary/aromatic N) is 1. The second-order valence-corrected chi connectivity index (χ2v) is 3.93. The van der Waals surface area contributed by atoms with Crippen molar-refractivity contribution in [2.45, 2.75) is 19.8 Å². The molecule has 1 aromatic rings. The maximum absolute atomic E-state index is 10.7. The zero-order valence-corrected chi connectivity index (χ0v) is 9.12. The van der Waals surface area contributed by atoms with Crippen LogP contribution in [0.2, 0.25) is 0 Å². The molecule has 15 heavy (non-hydrogen) atoms. The van der Waals surface area contributed by atoms with Gasteiger partial charge in [-0.25, -0.2) is 0 Å². The van der Waals surface area contributed by atoms with Crippen LogP contribution in [0.15, 0.2) is 22.5 Å². The fraction of sp³-hybridized carbons (Fsp3) is 0.300. The quantitative estimate of drug-likeness (QED) is 0.571. The van der Waals surface area contributed by atoms with Gasteiger partial charge in [0.15, 0.2) is 0 Å². The maximum Gasteiger partial charge on any atom is 0.247 e. The highest BCUT2D eigenvalue weighted by Gasteiger charge is 2.11. The first-order valence-electron chi connectivity index (χ1n) is 4.46. The van der Waals surface area contributed by atoms with Gasteiger partial charge in [0.1, 0.15) is 5.78 Å².